The van der Waals surface area contributed by atoms with Crippen LogP contribution in [-0.4, -0.2) is 10.1 Å². The van der Waals surface area contributed by atoms with Crippen molar-refractivity contribution < 1.29 is 5.11 Å². The van der Waals surface area contributed by atoms with E-state index in [9.17, 15) is 0 Å². The van der Waals surface area contributed by atoms with E-state index >= 15 is 0 Å². The molecule has 0 aliphatic carbocycles. The Morgan fingerprint density at radius 1 is 2.00 bits per heavy atom. The molecular weight excluding hydrogens is 110 g/mol. The normalized spacial score (nSPS) is 9.29. The molecule has 0 saturated heterocycles. The van der Waals surface area contributed by atoms with E-state index in [1.165, 1.54) is 11.3 Å². The number of aliphatic hydroxyl groups excluding tert-OH is 1. The summed E-state index contributed by atoms with van der Waals surface area (Å²) < 4.78 is 0. The van der Waals surface area contributed by atoms with Crippen molar-refractivity contribution in [1.29, 1.82) is 0 Å². The molecule has 0 bridgehead atoms. The van der Waals surface area contributed by atoms with Gasteiger partial charge >= 0.3 is 0 Å². The van der Waals surface area contributed by atoms with Crippen LogP contribution in [0.3, 0.4) is 0 Å². The Balaban J connectivity index is 2.76. The Morgan fingerprint density at radius 2 is 2.86 bits per heavy atom. The summed E-state index contributed by atoms with van der Waals surface area (Å²) in [6.45, 7) is 0.0845. The molecule has 1 aromatic heterocycles. The quantitative estimate of drug-likeness (QED) is 0.574. The van der Waals surface area contributed by atoms with Crippen LogP contribution in [0.5, 0.6) is 0 Å². The van der Waals surface area contributed by atoms with Crippen molar-refractivity contribution in [2.24, 2.45) is 0 Å². The number of nitrogens with zero attached hydrogens (tertiary/aromatic N) is 1. The van der Waals surface area contributed by atoms with Crippen LogP contribution in [0.25, 0.3) is 0 Å². The van der Waals surface area contributed by atoms with Crippen LogP contribution in [0.2, 0.25) is 0 Å². The molecule has 0 atom stereocenters. The van der Waals surface area contributed by atoms with Crippen LogP contribution in [-0.2, 0) is 6.61 Å². The lowest BCUT2D eigenvalue weighted by Crippen LogP contribution is -1.70. The van der Waals surface area contributed by atoms with E-state index in [1.54, 1.807) is 6.20 Å². The average Bonchev–Trinajstić information content (AvgIpc) is 2.14. The van der Waals surface area contributed by atoms with E-state index in [4.69, 9.17) is 5.11 Å². The summed E-state index contributed by atoms with van der Waals surface area (Å²) in [4.78, 5) is 4.49. The third-order valence-electron chi connectivity index (χ3n) is 0.594. The Labute approximate surface area is 45.5 Å². The van der Waals surface area contributed by atoms with Gasteiger partial charge in [-0.05, 0) is 0 Å². The highest BCUT2D eigenvalue weighted by Crippen LogP contribution is 2.01. The molecule has 3 heteroatoms. The Hall–Kier alpha value is -0.410. The maximum atomic E-state index is 8.38. The minimum atomic E-state index is 0.0845. The second-order valence-corrected chi connectivity index (χ2v) is 1.99. The smallest absolute Gasteiger partial charge is 0.152 e. The first-order valence-electron chi connectivity index (χ1n) is 1.85. The van der Waals surface area contributed by atoms with Gasteiger partial charge in [0.05, 0.1) is 11.5 Å². The van der Waals surface area contributed by atoms with E-state index in [2.05, 4.69) is 10.5 Å². The molecule has 1 rings (SSSR count). The summed E-state index contributed by atoms with van der Waals surface area (Å²) in [5, 5.41) is 8.38. The van der Waals surface area contributed by atoms with Crippen LogP contribution in [0.1, 0.15) is 4.88 Å². The Bertz CT molecular complexity index is 126. The number of thiazole rings is 1. The van der Waals surface area contributed by atoms with Gasteiger partial charge in [0.15, 0.2) is 5.51 Å². The van der Waals surface area contributed by atoms with Gasteiger partial charge in [-0.1, -0.05) is 0 Å². The monoisotopic (exact) mass is 114 g/mol. The van der Waals surface area contributed by atoms with Crippen molar-refractivity contribution in [2.45, 2.75) is 6.61 Å². The largest absolute Gasteiger partial charge is 0.391 e. The molecule has 2 nitrogen and oxygen atoms in total. The molecule has 1 N–H and O–H groups in total. The van der Waals surface area contributed by atoms with Crippen molar-refractivity contribution in [1.82, 2.24) is 4.98 Å². The minimum absolute atomic E-state index is 0.0845. The van der Waals surface area contributed by atoms with Crippen molar-refractivity contribution in [3.8, 4) is 0 Å². The molecule has 0 spiro atoms. The second kappa shape index (κ2) is 2.04. The van der Waals surface area contributed by atoms with Crippen LogP contribution < -0.4 is 0 Å². The fourth-order valence-electron chi connectivity index (χ4n) is 0.283. The zero-order valence-corrected chi connectivity index (χ0v) is 4.40. The molecule has 1 aromatic rings. The average molecular weight is 114 g/mol. The molecule has 1 radical (unpaired) electrons. The molecule has 7 heavy (non-hydrogen) atoms. The van der Waals surface area contributed by atoms with E-state index in [1.807, 2.05) is 0 Å². The van der Waals surface area contributed by atoms with Crippen molar-refractivity contribution in [3.05, 3.63) is 16.6 Å². The van der Waals surface area contributed by atoms with Crippen molar-refractivity contribution in [2.75, 3.05) is 0 Å². The summed E-state index contributed by atoms with van der Waals surface area (Å²) in [6, 6.07) is 0. The maximum Gasteiger partial charge on any atom is 0.152 e. The standard InChI is InChI=1S/C4H4NOS/c6-2-4-1-5-3-7-4/h1,6H,2H2. The number of aliphatic hydroxyl groups is 1. The Kier molecular flexibility index (Phi) is 1.38. The highest BCUT2D eigenvalue weighted by Gasteiger charge is 1.86. The van der Waals surface area contributed by atoms with Gasteiger partial charge in [0.1, 0.15) is 0 Å². The van der Waals surface area contributed by atoms with E-state index < -0.39 is 0 Å². The summed E-state index contributed by atoms with van der Waals surface area (Å²) in [6.07, 6.45) is 1.60. The van der Waals surface area contributed by atoms with Gasteiger partial charge in [0, 0.05) is 6.20 Å². The molecular formula is C4H4NOS. The van der Waals surface area contributed by atoms with Crippen molar-refractivity contribution >= 4 is 11.3 Å². The predicted octanol–water partition coefficient (Wildman–Crippen LogP) is 0.436. The third-order valence-corrected chi connectivity index (χ3v) is 1.29. The number of aromatic nitrogens is 1. The van der Waals surface area contributed by atoms with Gasteiger partial charge in [0.2, 0.25) is 0 Å². The van der Waals surface area contributed by atoms with E-state index in [0.717, 1.165) is 4.88 Å². The van der Waals surface area contributed by atoms with Gasteiger partial charge in [-0.3, -0.25) is 0 Å². The molecule has 0 saturated carbocycles. The second-order valence-electron chi connectivity index (χ2n) is 1.08. The number of hydrogen-bond acceptors (Lipinski definition) is 3. The van der Waals surface area contributed by atoms with Gasteiger partial charge in [0.25, 0.3) is 0 Å². The predicted molar refractivity (Wildman–Crippen MR) is 26.9 cm³/mol. The molecule has 0 fully saturated rings. The lowest BCUT2D eigenvalue weighted by Gasteiger charge is -1.76. The molecule has 0 aliphatic rings. The first kappa shape index (κ1) is 4.74. The molecule has 0 aromatic carbocycles. The van der Waals surface area contributed by atoms with E-state index in [0.29, 0.717) is 0 Å². The lowest BCUT2D eigenvalue weighted by atomic mass is 10.6. The maximum absolute atomic E-state index is 8.38. The fraction of sp³-hybridized carbons (Fsp3) is 0.250. The van der Waals surface area contributed by atoms with Crippen LogP contribution in [0.15, 0.2) is 6.20 Å². The number of hydrogen-bond donors (Lipinski definition) is 1. The first-order chi connectivity index (χ1) is 3.43. The fourth-order valence-corrected chi connectivity index (χ4v) is 0.675. The summed E-state index contributed by atoms with van der Waals surface area (Å²) in [7, 11) is 0. The summed E-state index contributed by atoms with van der Waals surface area (Å²) >= 11 is 1.34. The van der Waals surface area contributed by atoms with E-state index in [-0.39, 0.29) is 6.61 Å². The SMILES string of the molecule is OCc1cn[c]s1. The van der Waals surface area contributed by atoms with Crippen LogP contribution >= 0.6 is 11.3 Å². The van der Waals surface area contributed by atoms with Gasteiger partial charge in [-0.25, -0.2) is 4.98 Å². The highest BCUT2D eigenvalue weighted by molar-refractivity contribution is 7.09. The van der Waals surface area contributed by atoms with Crippen LogP contribution in [0, 0.1) is 5.51 Å². The molecule has 0 unspecified atom stereocenters. The third kappa shape index (κ3) is 0.976. The molecule has 1 heterocycles. The van der Waals surface area contributed by atoms with Gasteiger partial charge in [-0.2, -0.15) is 0 Å². The number of rotatable bonds is 1. The molecule has 0 amide bonds. The minimum Gasteiger partial charge on any atom is -0.391 e. The van der Waals surface area contributed by atoms with Gasteiger partial charge in [-0.15, -0.1) is 11.3 Å². The molecule has 37 valence electrons. The summed E-state index contributed by atoms with van der Waals surface area (Å²) in [5.74, 6) is 0. The van der Waals surface area contributed by atoms with Crippen molar-refractivity contribution in [3.63, 3.8) is 0 Å². The van der Waals surface area contributed by atoms with Gasteiger partial charge < -0.3 is 5.11 Å². The Morgan fingerprint density at radius 3 is 3.14 bits per heavy atom. The lowest BCUT2D eigenvalue weighted by molar-refractivity contribution is 0.285. The molecule has 0 aliphatic heterocycles. The highest BCUT2D eigenvalue weighted by atomic mass is 32.1. The zero-order chi connectivity index (χ0) is 5.11. The summed E-state index contributed by atoms with van der Waals surface area (Å²) in [5.41, 5.74) is 2.61. The van der Waals surface area contributed by atoms with Crippen LogP contribution in [0.4, 0.5) is 0 Å². The zero-order valence-electron chi connectivity index (χ0n) is 3.59. The first-order valence-corrected chi connectivity index (χ1v) is 2.67. The topological polar surface area (TPSA) is 33.1 Å².